The first-order chi connectivity index (χ1) is 5.24. The van der Waals surface area contributed by atoms with Gasteiger partial charge in [-0.15, -0.1) is 0 Å². The molecule has 0 aliphatic rings. The molecule has 0 spiro atoms. The Morgan fingerprint density at radius 3 is 3.00 bits per heavy atom. The van der Waals surface area contributed by atoms with Crippen LogP contribution in [0.2, 0.25) is 5.15 Å². The fourth-order valence-corrected chi connectivity index (χ4v) is 0.908. The summed E-state index contributed by atoms with van der Waals surface area (Å²) in [7, 11) is 0. The number of rotatable bonds is 1. The highest BCUT2D eigenvalue weighted by Gasteiger charge is 1.97. The molecule has 0 bridgehead atoms. The molecule has 1 rings (SSSR count). The van der Waals surface area contributed by atoms with Crippen molar-refractivity contribution in [3.8, 4) is 6.07 Å². The number of hydrogen-bond donors (Lipinski definition) is 0. The first kappa shape index (κ1) is 8.03. The van der Waals surface area contributed by atoms with Gasteiger partial charge in [-0.3, -0.25) is 0 Å². The van der Waals surface area contributed by atoms with Crippen LogP contribution in [-0.2, 0) is 6.42 Å². The second kappa shape index (κ2) is 3.36. The van der Waals surface area contributed by atoms with Gasteiger partial charge in [0.2, 0.25) is 0 Å². The molecule has 0 aromatic carbocycles. The topological polar surface area (TPSA) is 36.7 Å². The molecule has 1 aromatic rings. The summed E-state index contributed by atoms with van der Waals surface area (Å²) in [6.07, 6.45) is 2.02. The van der Waals surface area contributed by atoms with Gasteiger partial charge in [0.15, 0.2) is 0 Å². The van der Waals surface area contributed by atoms with Crippen molar-refractivity contribution in [3.05, 3.63) is 28.5 Å². The lowest BCUT2D eigenvalue weighted by molar-refractivity contribution is 1.16. The highest BCUT2D eigenvalue weighted by atomic mass is 35.5. The molecule has 0 fully saturated rings. The second-order valence-electron chi connectivity index (χ2n) is 2.29. The summed E-state index contributed by atoms with van der Waals surface area (Å²) in [5.74, 6) is 0. The summed E-state index contributed by atoms with van der Waals surface area (Å²) in [6, 6.07) is 3.92. The molecule has 0 amide bonds. The van der Waals surface area contributed by atoms with Crippen molar-refractivity contribution in [3.63, 3.8) is 0 Å². The van der Waals surface area contributed by atoms with Gasteiger partial charge in [-0.1, -0.05) is 17.7 Å². The molecule has 56 valence electrons. The van der Waals surface area contributed by atoms with E-state index in [2.05, 4.69) is 4.98 Å². The first-order valence-electron chi connectivity index (χ1n) is 3.22. The van der Waals surface area contributed by atoms with Crippen LogP contribution in [0.5, 0.6) is 0 Å². The molecule has 1 aromatic heterocycles. The molecule has 0 saturated heterocycles. The zero-order valence-electron chi connectivity index (χ0n) is 6.13. The van der Waals surface area contributed by atoms with Crippen molar-refractivity contribution in [2.24, 2.45) is 0 Å². The summed E-state index contributed by atoms with van der Waals surface area (Å²) < 4.78 is 0. The minimum absolute atomic E-state index is 0.394. The molecule has 0 aliphatic carbocycles. The first-order valence-corrected chi connectivity index (χ1v) is 3.60. The van der Waals surface area contributed by atoms with Crippen LogP contribution in [0.4, 0.5) is 0 Å². The molecule has 1 heterocycles. The minimum atomic E-state index is 0.394. The minimum Gasteiger partial charge on any atom is -0.244 e. The number of aromatic nitrogens is 1. The van der Waals surface area contributed by atoms with E-state index >= 15 is 0 Å². The molecule has 0 unspecified atom stereocenters. The highest BCUT2D eigenvalue weighted by molar-refractivity contribution is 6.30. The number of nitriles is 1. The molecule has 3 heteroatoms. The zero-order chi connectivity index (χ0) is 8.27. The van der Waals surface area contributed by atoms with Crippen molar-refractivity contribution in [1.29, 1.82) is 5.26 Å². The Bertz CT molecular complexity index is 301. The van der Waals surface area contributed by atoms with Crippen molar-refractivity contribution in [1.82, 2.24) is 4.98 Å². The predicted octanol–water partition coefficient (Wildman–Crippen LogP) is 2.11. The number of aryl methyl sites for hydroxylation is 1. The Hall–Kier alpha value is -1.07. The highest BCUT2D eigenvalue weighted by Crippen LogP contribution is 2.12. The van der Waals surface area contributed by atoms with Crippen molar-refractivity contribution in [2.45, 2.75) is 13.3 Å². The SMILES string of the molecule is Cc1cc(CC#N)cnc1Cl. The molecule has 0 atom stereocenters. The largest absolute Gasteiger partial charge is 0.244 e. The number of nitrogens with zero attached hydrogens (tertiary/aromatic N) is 2. The standard InChI is InChI=1S/C8H7ClN2/c1-6-4-7(2-3-10)5-11-8(6)9/h4-5H,2H2,1H3. The zero-order valence-corrected chi connectivity index (χ0v) is 6.89. The van der Waals surface area contributed by atoms with Gasteiger partial charge in [0.1, 0.15) is 5.15 Å². The van der Waals surface area contributed by atoms with Gasteiger partial charge in [-0.05, 0) is 18.1 Å². The lowest BCUT2D eigenvalue weighted by Gasteiger charge is -1.97. The van der Waals surface area contributed by atoms with Gasteiger partial charge in [0.25, 0.3) is 0 Å². The lowest BCUT2D eigenvalue weighted by atomic mass is 10.2. The smallest absolute Gasteiger partial charge is 0.131 e. The molecule has 11 heavy (non-hydrogen) atoms. The van der Waals surface area contributed by atoms with Gasteiger partial charge >= 0.3 is 0 Å². The van der Waals surface area contributed by atoms with Crippen LogP contribution in [0.3, 0.4) is 0 Å². The van der Waals surface area contributed by atoms with Gasteiger partial charge in [0.05, 0.1) is 12.5 Å². The van der Waals surface area contributed by atoms with Gasteiger partial charge < -0.3 is 0 Å². The maximum Gasteiger partial charge on any atom is 0.131 e. The normalized spacial score (nSPS) is 9.18. The third kappa shape index (κ3) is 1.92. The van der Waals surface area contributed by atoms with Gasteiger partial charge in [0, 0.05) is 6.20 Å². The number of halogens is 1. The molecule has 2 nitrogen and oxygen atoms in total. The Morgan fingerprint density at radius 2 is 2.45 bits per heavy atom. The fourth-order valence-electron chi connectivity index (χ4n) is 0.804. The summed E-state index contributed by atoms with van der Waals surface area (Å²) in [4.78, 5) is 3.91. The second-order valence-corrected chi connectivity index (χ2v) is 2.64. The number of pyridine rings is 1. The van der Waals surface area contributed by atoms with Crippen LogP contribution in [0, 0.1) is 18.3 Å². The van der Waals surface area contributed by atoms with E-state index in [0.717, 1.165) is 11.1 Å². The van der Waals surface area contributed by atoms with Crippen molar-refractivity contribution < 1.29 is 0 Å². The molecule has 0 aliphatic heterocycles. The molecule has 0 saturated carbocycles. The van der Waals surface area contributed by atoms with E-state index in [-0.39, 0.29) is 0 Å². The summed E-state index contributed by atoms with van der Waals surface area (Å²) in [5, 5.41) is 8.88. The Morgan fingerprint density at radius 1 is 1.73 bits per heavy atom. The van der Waals surface area contributed by atoms with E-state index in [9.17, 15) is 0 Å². The quantitative estimate of drug-likeness (QED) is 0.600. The monoisotopic (exact) mass is 166 g/mol. The molecule has 0 N–H and O–H groups in total. The Kier molecular flexibility index (Phi) is 2.45. The van der Waals surface area contributed by atoms with Gasteiger partial charge in [-0.25, -0.2) is 4.98 Å². The van der Waals surface area contributed by atoms with Gasteiger partial charge in [-0.2, -0.15) is 5.26 Å². The van der Waals surface area contributed by atoms with E-state index in [1.165, 1.54) is 0 Å². The van der Waals surface area contributed by atoms with Crippen LogP contribution in [0.25, 0.3) is 0 Å². The number of hydrogen-bond acceptors (Lipinski definition) is 2. The summed E-state index contributed by atoms with van der Waals surface area (Å²) >= 11 is 5.69. The van der Waals surface area contributed by atoms with E-state index < -0.39 is 0 Å². The van der Waals surface area contributed by atoms with Crippen LogP contribution in [0.15, 0.2) is 12.3 Å². The van der Waals surface area contributed by atoms with E-state index in [0.29, 0.717) is 11.6 Å². The molecule has 0 radical (unpaired) electrons. The Balaban J connectivity index is 2.98. The third-order valence-corrected chi connectivity index (χ3v) is 1.75. The van der Waals surface area contributed by atoms with Crippen molar-refractivity contribution >= 4 is 11.6 Å². The van der Waals surface area contributed by atoms with Crippen LogP contribution in [0.1, 0.15) is 11.1 Å². The maximum atomic E-state index is 8.37. The maximum absolute atomic E-state index is 8.37. The van der Waals surface area contributed by atoms with Crippen LogP contribution >= 0.6 is 11.6 Å². The van der Waals surface area contributed by atoms with Crippen molar-refractivity contribution in [2.75, 3.05) is 0 Å². The van der Waals surface area contributed by atoms with E-state index in [4.69, 9.17) is 16.9 Å². The van der Waals surface area contributed by atoms with Crippen LogP contribution < -0.4 is 0 Å². The summed E-state index contributed by atoms with van der Waals surface area (Å²) in [6.45, 7) is 1.87. The van der Waals surface area contributed by atoms with Crippen LogP contribution in [-0.4, -0.2) is 4.98 Å². The average Bonchev–Trinajstić information content (AvgIpc) is 1.98. The third-order valence-electron chi connectivity index (χ3n) is 1.35. The van der Waals surface area contributed by atoms with E-state index in [1.807, 2.05) is 19.1 Å². The molecular weight excluding hydrogens is 160 g/mol. The summed E-state index contributed by atoms with van der Waals surface area (Å²) in [5.41, 5.74) is 1.83. The fraction of sp³-hybridized carbons (Fsp3) is 0.250. The Labute approximate surface area is 70.4 Å². The predicted molar refractivity (Wildman–Crippen MR) is 43.3 cm³/mol. The average molecular weight is 167 g/mol. The lowest BCUT2D eigenvalue weighted by Crippen LogP contribution is -1.87. The molecular formula is C8H7ClN2. The van der Waals surface area contributed by atoms with E-state index in [1.54, 1.807) is 6.20 Å².